The van der Waals surface area contributed by atoms with E-state index in [-0.39, 0.29) is 17.9 Å². The summed E-state index contributed by atoms with van der Waals surface area (Å²) in [5.74, 6) is 0.193. The summed E-state index contributed by atoms with van der Waals surface area (Å²) in [7, 11) is 2.99. The molecule has 1 heterocycles. The summed E-state index contributed by atoms with van der Waals surface area (Å²) in [6.07, 6.45) is 1.62. The molecule has 1 aliphatic carbocycles. The first-order chi connectivity index (χ1) is 11.7. The maximum absolute atomic E-state index is 13.0. The lowest BCUT2D eigenvalue weighted by molar-refractivity contribution is 0.0581. The average Bonchev–Trinajstić information content (AvgIpc) is 3.13. The molecule has 0 aromatic heterocycles. The second kappa shape index (κ2) is 5.37. The quantitative estimate of drug-likeness (QED) is 0.815. The molecule has 2 aromatic carbocycles. The third-order valence-corrected chi connectivity index (χ3v) is 4.84. The first-order valence-corrected chi connectivity index (χ1v) is 7.88. The van der Waals surface area contributed by atoms with E-state index in [1.807, 2.05) is 18.2 Å². The van der Waals surface area contributed by atoms with Crippen molar-refractivity contribution in [3.8, 4) is 11.5 Å². The van der Waals surface area contributed by atoms with Crippen molar-refractivity contribution in [2.75, 3.05) is 14.2 Å². The predicted molar refractivity (Wildman–Crippen MR) is 87.6 cm³/mol. The van der Waals surface area contributed by atoms with E-state index >= 15 is 0 Å². The molecule has 5 heteroatoms. The Morgan fingerprint density at radius 3 is 2.54 bits per heavy atom. The number of carbonyl (C=O) groups is 2. The minimum Gasteiger partial charge on any atom is -0.493 e. The van der Waals surface area contributed by atoms with Gasteiger partial charge >= 0.3 is 0 Å². The van der Waals surface area contributed by atoms with Gasteiger partial charge in [0.05, 0.1) is 31.4 Å². The van der Waals surface area contributed by atoms with Crippen LogP contribution in [0.5, 0.6) is 11.5 Å². The second-order valence-electron chi connectivity index (χ2n) is 5.96. The highest BCUT2D eigenvalue weighted by Gasteiger charge is 2.44. The molecule has 1 atom stereocenters. The van der Waals surface area contributed by atoms with Crippen molar-refractivity contribution in [3.63, 3.8) is 0 Å². The Morgan fingerprint density at radius 2 is 1.79 bits per heavy atom. The summed E-state index contributed by atoms with van der Waals surface area (Å²) < 4.78 is 10.6. The van der Waals surface area contributed by atoms with Crippen LogP contribution in [0.2, 0.25) is 0 Å². The normalized spacial score (nSPS) is 18.6. The summed E-state index contributed by atoms with van der Waals surface area (Å²) in [5, 5.41) is 0. The third kappa shape index (κ3) is 1.87. The van der Waals surface area contributed by atoms with Crippen LogP contribution in [0.1, 0.15) is 44.3 Å². The number of hydrogen-bond donors (Lipinski definition) is 0. The molecule has 5 nitrogen and oxygen atoms in total. The maximum atomic E-state index is 13.0. The van der Waals surface area contributed by atoms with Gasteiger partial charge in [0.1, 0.15) is 0 Å². The molecule has 0 spiro atoms. The largest absolute Gasteiger partial charge is 0.493 e. The molecule has 0 saturated heterocycles. The smallest absolute Gasteiger partial charge is 0.266 e. The molecule has 0 saturated carbocycles. The Kier molecular flexibility index (Phi) is 3.30. The van der Waals surface area contributed by atoms with Crippen molar-refractivity contribution in [3.05, 3.63) is 58.7 Å². The van der Waals surface area contributed by atoms with E-state index in [0.717, 1.165) is 18.4 Å². The molecular formula is C19H17NO4. The monoisotopic (exact) mass is 323 g/mol. The number of benzene rings is 2. The molecule has 1 aliphatic heterocycles. The van der Waals surface area contributed by atoms with Crippen LogP contribution in [0.25, 0.3) is 0 Å². The van der Waals surface area contributed by atoms with E-state index in [4.69, 9.17) is 9.47 Å². The van der Waals surface area contributed by atoms with Gasteiger partial charge in [-0.15, -0.1) is 0 Å². The topological polar surface area (TPSA) is 55.8 Å². The number of hydrogen-bond acceptors (Lipinski definition) is 4. The molecule has 2 aromatic rings. The Balaban J connectivity index is 1.81. The number of aryl methyl sites for hydroxylation is 1. The SMILES string of the molecule is COc1ccc2c(c1OC)C(=O)N(C1CCc3ccccc31)C2=O. The van der Waals surface area contributed by atoms with E-state index in [1.54, 1.807) is 12.1 Å². The molecule has 0 N–H and O–H groups in total. The zero-order chi connectivity index (χ0) is 16.8. The van der Waals surface area contributed by atoms with Crippen molar-refractivity contribution in [1.82, 2.24) is 4.90 Å². The lowest BCUT2D eigenvalue weighted by Gasteiger charge is -2.23. The minimum atomic E-state index is -0.313. The summed E-state index contributed by atoms with van der Waals surface area (Å²) in [6, 6.07) is 11.1. The number of rotatable bonds is 3. The molecule has 2 aliphatic rings. The molecule has 0 radical (unpaired) electrons. The Labute approximate surface area is 139 Å². The summed E-state index contributed by atoms with van der Waals surface area (Å²) in [5.41, 5.74) is 2.93. The van der Waals surface area contributed by atoms with Crippen LogP contribution in [0.15, 0.2) is 36.4 Å². The molecule has 4 rings (SSSR count). The number of fused-ring (bicyclic) bond motifs is 2. The maximum Gasteiger partial charge on any atom is 0.266 e. The van der Waals surface area contributed by atoms with Gasteiger partial charge in [-0.05, 0) is 36.1 Å². The fourth-order valence-electron chi connectivity index (χ4n) is 3.75. The molecule has 2 amide bonds. The molecular weight excluding hydrogens is 306 g/mol. The summed E-state index contributed by atoms with van der Waals surface area (Å²) in [4.78, 5) is 27.3. The minimum absolute atomic E-state index is 0.218. The lowest BCUT2D eigenvalue weighted by Crippen LogP contribution is -2.33. The Hall–Kier alpha value is -2.82. The fourth-order valence-corrected chi connectivity index (χ4v) is 3.75. The van der Waals surface area contributed by atoms with Gasteiger partial charge in [0, 0.05) is 0 Å². The second-order valence-corrected chi connectivity index (χ2v) is 5.96. The summed E-state index contributed by atoms with van der Waals surface area (Å²) >= 11 is 0. The van der Waals surface area contributed by atoms with Crippen LogP contribution in [0.3, 0.4) is 0 Å². The Morgan fingerprint density at radius 1 is 1.00 bits per heavy atom. The van der Waals surface area contributed by atoms with E-state index < -0.39 is 0 Å². The molecule has 122 valence electrons. The van der Waals surface area contributed by atoms with Crippen molar-refractivity contribution in [2.24, 2.45) is 0 Å². The third-order valence-electron chi connectivity index (χ3n) is 4.84. The number of methoxy groups -OCH3 is 2. The van der Waals surface area contributed by atoms with Crippen molar-refractivity contribution in [2.45, 2.75) is 18.9 Å². The number of imide groups is 1. The van der Waals surface area contributed by atoms with Gasteiger partial charge in [-0.25, -0.2) is 0 Å². The number of amides is 2. The zero-order valence-electron chi connectivity index (χ0n) is 13.5. The van der Waals surface area contributed by atoms with Gasteiger partial charge in [-0.2, -0.15) is 0 Å². The lowest BCUT2D eigenvalue weighted by atomic mass is 10.1. The van der Waals surface area contributed by atoms with Gasteiger partial charge in [0.2, 0.25) is 0 Å². The standard InChI is InChI=1S/C19H17NO4/c1-23-15-10-8-13-16(17(15)24-2)19(22)20(18(13)21)14-9-7-11-5-3-4-6-12(11)14/h3-6,8,10,14H,7,9H2,1-2H3. The fraction of sp³-hybridized carbons (Fsp3) is 0.263. The van der Waals surface area contributed by atoms with Gasteiger partial charge in [-0.1, -0.05) is 24.3 Å². The number of carbonyl (C=O) groups excluding carboxylic acids is 2. The van der Waals surface area contributed by atoms with Crippen LogP contribution in [0, 0.1) is 0 Å². The van der Waals surface area contributed by atoms with Crippen molar-refractivity contribution >= 4 is 11.8 Å². The van der Waals surface area contributed by atoms with E-state index in [2.05, 4.69) is 6.07 Å². The van der Waals surface area contributed by atoms with Gasteiger partial charge in [0.15, 0.2) is 11.5 Å². The highest BCUT2D eigenvalue weighted by Crippen LogP contribution is 2.44. The van der Waals surface area contributed by atoms with Crippen LogP contribution in [-0.2, 0) is 6.42 Å². The van der Waals surface area contributed by atoms with Crippen molar-refractivity contribution in [1.29, 1.82) is 0 Å². The van der Waals surface area contributed by atoms with E-state index in [1.165, 1.54) is 24.7 Å². The van der Waals surface area contributed by atoms with E-state index in [0.29, 0.717) is 22.6 Å². The molecule has 24 heavy (non-hydrogen) atoms. The first-order valence-electron chi connectivity index (χ1n) is 7.88. The van der Waals surface area contributed by atoms with Crippen LogP contribution >= 0.6 is 0 Å². The van der Waals surface area contributed by atoms with E-state index in [9.17, 15) is 9.59 Å². The molecule has 1 unspecified atom stereocenters. The number of nitrogens with zero attached hydrogens (tertiary/aromatic N) is 1. The average molecular weight is 323 g/mol. The summed E-state index contributed by atoms with van der Waals surface area (Å²) in [6.45, 7) is 0. The van der Waals surface area contributed by atoms with Gasteiger partial charge in [-0.3, -0.25) is 14.5 Å². The predicted octanol–water partition coefficient (Wildman–Crippen LogP) is 2.99. The number of ether oxygens (including phenoxy) is 2. The van der Waals surface area contributed by atoms with Crippen LogP contribution in [-0.4, -0.2) is 30.9 Å². The highest BCUT2D eigenvalue weighted by atomic mass is 16.5. The zero-order valence-corrected chi connectivity index (χ0v) is 13.5. The molecule has 0 bridgehead atoms. The van der Waals surface area contributed by atoms with Crippen LogP contribution in [0.4, 0.5) is 0 Å². The van der Waals surface area contributed by atoms with Gasteiger partial charge in [0.25, 0.3) is 11.8 Å². The van der Waals surface area contributed by atoms with Crippen molar-refractivity contribution < 1.29 is 19.1 Å². The first kappa shape index (κ1) is 14.8. The Bertz CT molecular complexity index is 858. The highest BCUT2D eigenvalue weighted by molar-refractivity contribution is 6.23. The van der Waals surface area contributed by atoms with Crippen LogP contribution < -0.4 is 9.47 Å². The van der Waals surface area contributed by atoms with Gasteiger partial charge < -0.3 is 9.47 Å². The molecule has 0 fully saturated rings.